The van der Waals surface area contributed by atoms with Crippen LogP contribution in [0.1, 0.15) is 6.92 Å². The smallest absolute Gasteiger partial charge is 0.381 e. The van der Waals surface area contributed by atoms with Crippen LogP contribution in [0.5, 0.6) is 5.75 Å². The molecule has 1 aromatic carbocycles. The molecule has 1 aromatic rings. The predicted molar refractivity (Wildman–Crippen MR) is 48.5 cm³/mol. The number of esters is 1. The zero-order valence-corrected chi connectivity index (χ0v) is 8.38. The van der Waals surface area contributed by atoms with E-state index in [0.29, 0.717) is 6.07 Å². The van der Waals surface area contributed by atoms with E-state index in [-0.39, 0.29) is 6.61 Å². The number of halogens is 3. The average Bonchev–Trinajstić information content (AvgIpc) is 2.22. The summed E-state index contributed by atoms with van der Waals surface area (Å²) in [7, 11) is 0. The Labute approximate surface area is 89.8 Å². The van der Waals surface area contributed by atoms with Gasteiger partial charge in [-0.15, -0.1) is 0 Å². The lowest BCUT2D eigenvalue weighted by atomic mass is 10.3. The minimum absolute atomic E-state index is 0.0193. The van der Waals surface area contributed by atoms with Crippen LogP contribution in [0.15, 0.2) is 18.2 Å². The minimum atomic E-state index is -2.43. The fraction of sp³-hybridized carbons (Fsp3) is 0.300. The second-order valence-corrected chi connectivity index (χ2v) is 2.76. The van der Waals surface area contributed by atoms with Crippen LogP contribution in [0.2, 0.25) is 0 Å². The fourth-order valence-corrected chi connectivity index (χ4v) is 0.938. The Kier molecular flexibility index (Phi) is 4.16. The molecular formula is C10H9F3O3. The van der Waals surface area contributed by atoms with E-state index in [0.717, 1.165) is 12.1 Å². The topological polar surface area (TPSA) is 35.5 Å². The fourth-order valence-electron chi connectivity index (χ4n) is 0.938. The molecule has 0 amide bonds. The summed E-state index contributed by atoms with van der Waals surface area (Å²) in [5, 5.41) is 0. The second kappa shape index (κ2) is 5.39. The van der Waals surface area contributed by atoms with E-state index < -0.39 is 29.7 Å². The van der Waals surface area contributed by atoms with E-state index >= 15 is 0 Å². The molecule has 1 atom stereocenters. The van der Waals surface area contributed by atoms with Gasteiger partial charge in [-0.2, -0.15) is 4.39 Å². The standard InChI is InChI=1S/C10H9F3O3/c1-2-15-10(14)9(13)16-8-4-3-6(11)5-7(8)12/h3-5,9H,2H2,1H3. The van der Waals surface area contributed by atoms with E-state index in [1.165, 1.54) is 6.92 Å². The van der Waals surface area contributed by atoms with E-state index in [1.54, 1.807) is 0 Å². The Morgan fingerprint density at radius 3 is 2.69 bits per heavy atom. The highest BCUT2D eigenvalue weighted by Crippen LogP contribution is 2.19. The van der Waals surface area contributed by atoms with Gasteiger partial charge in [0.2, 0.25) is 0 Å². The van der Waals surface area contributed by atoms with Crippen LogP contribution in [0.3, 0.4) is 0 Å². The van der Waals surface area contributed by atoms with Crippen LogP contribution >= 0.6 is 0 Å². The summed E-state index contributed by atoms with van der Waals surface area (Å²) < 4.78 is 47.1. The molecule has 0 N–H and O–H groups in total. The largest absolute Gasteiger partial charge is 0.461 e. The third kappa shape index (κ3) is 3.15. The van der Waals surface area contributed by atoms with Gasteiger partial charge < -0.3 is 9.47 Å². The number of alkyl halides is 1. The first-order valence-electron chi connectivity index (χ1n) is 4.47. The molecule has 0 bridgehead atoms. The summed E-state index contributed by atoms with van der Waals surface area (Å²) in [4.78, 5) is 10.8. The Balaban J connectivity index is 2.69. The Hall–Kier alpha value is -1.72. The minimum Gasteiger partial charge on any atom is -0.461 e. The van der Waals surface area contributed by atoms with Crippen molar-refractivity contribution < 1.29 is 27.4 Å². The van der Waals surface area contributed by atoms with E-state index in [1.807, 2.05) is 0 Å². The van der Waals surface area contributed by atoms with Crippen molar-refractivity contribution in [2.75, 3.05) is 6.61 Å². The molecule has 0 fully saturated rings. The van der Waals surface area contributed by atoms with Crippen LogP contribution in [0, 0.1) is 11.6 Å². The van der Waals surface area contributed by atoms with Gasteiger partial charge in [-0.05, 0) is 19.1 Å². The number of hydrogen-bond donors (Lipinski definition) is 0. The summed E-state index contributed by atoms with van der Waals surface area (Å²) >= 11 is 0. The van der Waals surface area contributed by atoms with Crippen molar-refractivity contribution in [3.05, 3.63) is 29.8 Å². The van der Waals surface area contributed by atoms with Crippen molar-refractivity contribution >= 4 is 5.97 Å². The summed E-state index contributed by atoms with van der Waals surface area (Å²) in [6, 6.07) is 2.29. The summed E-state index contributed by atoms with van der Waals surface area (Å²) in [5.74, 6) is -3.73. The zero-order valence-electron chi connectivity index (χ0n) is 8.38. The van der Waals surface area contributed by atoms with E-state index in [2.05, 4.69) is 9.47 Å². The third-order valence-electron chi connectivity index (χ3n) is 1.60. The summed E-state index contributed by atoms with van der Waals surface area (Å²) in [5.41, 5.74) is 0. The van der Waals surface area contributed by atoms with Crippen molar-refractivity contribution in [3.8, 4) is 5.75 Å². The molecule has 1 rings (SSSR count). The summed E-state index contributed by atoms with van der Waals surface area (Å²) in [6.07, 6.45) is -2.43. The van der Waals surface area contributed by atoms with E-state index in [9.17, 15) is 18.0 Å². The van der Waals surface area contributed by atoms with Crippen molar-refractivity contribution in [1.82, 2.24) is 0 Å². The average molecular weight is 234 g/mol. The molecule has 0 spiro atoms. The predicted octanol–water partition coefficient (Wildman–Crippen LogP) is 2.20. The number of hydrogen-bond acceptors (Lipinski definition) is 3. The highest BCUT2D eigenvalue weighted by atomic mass is 19.2. The third-order valence-corrected chi connectivity index (χ3v) is 1.60. The van der Waals surface area contributed by atoms with Gasteiger partial charge in [-0.1, -0.05) is 0 Å². The Morgan fingerprint density at radius 2 is 2.12 bits per heavy atom. The molecule has 16 heavy (non-hydrogen) atoms. The van der Waals surface area contributed by atoms with Crippen LogP contribution < -0.4 is 4.74 Å². The highest BCUT2D eigenvalue weighted by Gasteiger charge is 2.21. The van der Waals surface area contributed by atoms with Gasteiger partial charge in [0.25, 0.3) is 0 Å². The molecule has 0 saturated carbocycles. The molecule has 0 saturated heterocycles. The second-order valence-electron chi connectivity index (χ2n) is 2.76. The number of benzene rings is 1. The maximum Gasteiger partial charge on any atom is 0.381 e. The van der Waals surface area contributed by atoms with Crippen molar-refractivity contribution in [2.24, 2.45) is 0 Å². The molecule has 88 valence electrons. The lowest BCUT2D eigenvalue weighted by molar-refractivity contribution is -0.160. The van der Waals surface area contributed by atoms with Gasteiger partial charge in [0.15, 0.2) is 11.6 Å². The first-order chi connectivity index (χ1) is 7.54. The monoisotopic (exact) mass is 234 g/mol. The van der Waals surface area contributed by atoms with Crippen LogP contribution in [-0.4, -0.2) is 18.9 Å². The summed E-state index contributed by atoms with van der Waals surface area (Å²) in [6.45, 7) is 1.47. The maximum absolute atomic E-state index is 13.0. The molecule has 0 heterocycles. The Bertz CT molecular complexity index is 382. The number of ether oxygens (including phenoxy) is 2. The molecule has 0 aliphatic carbocycles. The molecule has 1 unspecified atom stereocenters. The lowest BCUT2D eigenvalue weighted by Gasteiger charge is -2.10. The van der Waals surface area contributed by atoms with Gasteiger partial charge in [-0.3, -0.25) is 0 Å². The lowest BCUT2D eigenvalue weighted by Crippen LogP contribution is -2.25. The molecular weight excluding hydrogens is 225 g/mol. The molecule has 6 heteroatoms. The SMILES string of the molecule is CCOC(=O)C(F)Oc1ccc(F)cc1F. The molecule has 0 aromatic heterocycles. The molecule has 0 radical (unpaired) electrons. The molecule has 0 aliphatic heterocycles. The highest BCUT2D eigenvalue weighted by molar-refractivity contribution is 5.73. The quantitative estimate of drug-likeness (QED) is 0.749. The number of carbonyl (C=O) groups is 1. The first kappa shape index (κ1) is 12.4. The van der Waals surface area contributed by atoms with Gasteiger partial charge >= 0.3 is 12.3 Å². The number of rotatable bonds is 4. The Morgan fingerprint density at radius 1 is 1.44 bits per heavy atom. The van der Waals surface area contributed by atoms with E-state index in [4.69, 9.17) is 0 Å². The van der Waals surface area contributed by atoms with Crippen LogP contribution in [0.25, 0.3) is 0 Å². The zero-order chi connectivity index (χ0) is 12.1. The number of carbonyl (C=O) groups excluding carboxylic acids is 1. The van der Waals surface area contributed by atoms with Crippen LogP contribution in [0.4, 0.5) is 13.2 Å². The van der Waals surface area contributed by atoms with Gasteiger partial charge in [0, 0.05) is 6.07 Å². The molecule has 3 nitrogen and oxygen atoms in total. The van der Waals surface area contributed by atoms with Crippen LogP contribution in [-0.2, 0) is 9.53 Å². The normalized spacial score (nSPS) is 12.0. The van der Waals surface area contributed by atoms with Crippen molar-refractivity contribution in [1.29, 1.82) is 0 Å². The van der Waals surface area contributed by atoms with Gasteiger partial charge in [0.05, 0.1) is 6.61 Å². The van der Waals surface area contributed by atoms with Gasteiger partial charge in [-0.25, -0.2) is 13.6 Å². The maximum atomic E-state index is 13.0. The first-order valence-corrected chi connectivity index (χ1v) is 4.47. The van der Waals surface area contributed by atoms with Crippen molar-refractivity contribution in [3.63, 3.8) is 0 Å². The van der Waals surface area contributed by atoms with Crippen molar-refractivity contribution in [2.45, 2.75) is 13.3 Å². The molecule has 0 aliphatic rings. The van der Waals surface area contributed by atoms with Gasteiger partial charge in [0.1, 0.15) is 5.82 Å².